The first-order valence-electron chi connectivity index (χ1n) is 2.67. The van der Waals surface area contributed by atoms with Gasteiger partial charge in [-0.1, -0.05) is 0 Å². The molecular weight excluding hydrogens is 198 g/mol. The van der Waals surface area contributed by atoms with E-state index in [4.69, 9.17) is 0 Å². The van der Waals surface area contributed by atoms with Gasteiger partial charge in [0.05, 0.1) is 3.79 Å². The van der Waals surface area contributed by atoms with Crippen LogP contribution in [0.25, 0.3) is 0 Å². The van der Waals surface area contributed by atoms with Gasteiger partial charge in [0.15, 0.2) is 0 Å². The molecule has 0 saturated carbocycles. The zero-order valence-corrected chi connectivity index (χ0v) is 7.77. The smallest absolute Gasteiger partial charge is 0.0748 e. The summed E-state index contributed by atoms with van der Waals surface area (Å²) in [6.07, 6.45) is 0. The van der Waals surface area contributed by atoms with Gasteiger partial charge in [-0.15, -0.1) is 11.3 Å². The number of hydrogen-bond donors (Lipinski definition) is 1. The summed E-state index contributed by atoms with van der Waals surface area (Å²) in [6, 6.07) is 0. The third-order valence-electron chi connectivity index (χ3n) is 1.25. The molecule has 0 aliphatic rings. The molecule has 0 amide bonds. The van der Waals surface area contributed by atoms with Crippen molar-refractivity contribution in [1.29, 1.82) is 0 Å². The Kier molecular flexibility index (Phi) is 2.13. The fraction of sp³-hybridized carbons (Fsp3) is 0.333. The highest BCUT2D eigenvalue weighted by molar-refractivity contribution is 9.11. The van der Waals surface area contributed by atoms with Crippen LogP contribution in [-0.4, -0.2) is 7.05 Å². The zero-order valence-electron chi connectivity index (χ0n) is 5.36. The molecule has 1 N–H and O–H groups in total. The Labute approximate surface area is 67.2 Å². The van der Waals surface area contributed by atoms with E-state index in [1.807, 2.05) is 7.05 Å². The maximum atomic E-state index is 3.44. The lowest BCUT2D eigenvalue weighted by molar-refractivity contribution is 1.45. The van der Waals surface area contributed by atoms with Crippen LogP contribution in [0.3, 0.4) is 0 Å². The topological polar surface area (TPSA) is 12.0 Å². The van der Waals surface area contributed by atoms with Crippen molar-refractivity contribution in [2.45, 2.75) is 6.92 Å². The van der Waals surface area contributed by atoms with E-state index >= 15 is 0 Å². The van der Waals surface area contributed by atoms with Crippen LogP contribution < -0.4 is 5.32 Å². The van der Waals surface area contributed by atoms with E-state index in [0.29, 0.717) is 0 Å². The SMILES string of the molecule is CNc1csc(Br)c1C. The average Bonchev–Trinajstić information content (AvgIpc) is 2.15. The van der Waals surface area contributed by atoms with Gasteiger partial charge in [-0.3, -0.25) is 0 Å². The predicted molar refractivity (Wildman–Crippen MR) is 46.3 cm³/mol. The number of thiophene rings is 1. The lowest BCUT2D eigenvalue weighted by atomic mass is 10.3. The Bertz CT molecular complexity index is 207. The minimum Gasteiger partial charge on any atom is -0.387 e. The molecule has 0 aromatic carbocycles. The van der Waals surface area contributed by atoms with Crippen molar-refractivity contribution in [2.24, 2.45) is 0 Å². The molecule has 0 aliphatic carbocycles. The van der Waals surface area contributed by atoms with Gasteiger partial charge < -0.3 is 5.32 Å². The number of nitrogens with one attached hydrogen (secondary N) is 1. The average molecular weight is 206 g/mol. The summed E-state index contributed by atoms with van der Waals surface area (Å²) in [5.41, 5.74) is 2.51. The molecule has 0 atom stereocenters. The summed E-state index contributed by atoms with van der Waals surface area (Å²) < 4.78 is 1.21. The van der Waals surface area contributed by atoms with Gasteiger partial charge in [0.1, 0.15) is 0 Å². The Balaban J connectivity index is 3.04. The van der Waals surface area contributed by atoms with E-state index in [1.165, 1.54) is 15.0 Å². The normalized spacial score (nSPS) is 9.67. The molecule has 50 valence electrons. The second-order valence-electron chi connectivity index (χ2n) is 1.80. The minimum atomic E-state index is 1.21. The second-order valence-corrected chi connectivity index (χ2v) is 4.00. The van der Waals surface area contributed by atoms with Crippen LogP contribution in [0.4, 0.5) is 5.69 Å². The van der Waals surface area contributed by atoms with Crippen LogP contribution in [-0.2, 0) is 0 Å². The van der Waals surface area contributed by atoms with Crippen molar-refractivity contribution in [1.82, 2.24) is 0 Å². The molecule has 0 spiro atoms. The molecule has 1 rings (SSSR count). The number of hydrogen-bond acceptors (Lipinski definition) is 2. The molecule has 0 aliphatic heterocycles. The van der Waals surface area contributed by atoms with Gasteiger partial charge in [-0.25, -0.2) is 0 Å². The van der Waals surface area contributed by atoms with Crippen LogP contribution in [0.2, 0.25) is 0 Å². The maximum absolute atomic E-state index is 3.44. The van der Waals surface area contributed by atoms with Crippen molar-refractivity contribution in [3.8, 4) is 0 Å². The highest BCUT2D eigenvalue weighted by atomic mass is 79.9. The zero-order chi connectivity index (χ0) is 6.85. The van der Waals surface area contributed by atoms with E-state index in [0.717, 1.165) is 0 Å². The van der Waals surface area contributed by atoms with E-state index in [2.05, 4.69) is 33.6 Å². The van der Waals surface area contributed by atoms with E-state index in [9.17, 15) is 0 Å². The lowest BCUT2D eigenvalue weighted by Crippen LogP contribution is -1.85. The fourth-order valence-corrected chi connectivity index (χ4v) is 1.94. The molecule has 0 unspecified atom stereocenters. The van der Waals surface area contributed by atoms with Crippen LogP contribution in [0.15, 0.2) is 9.17 Å². The molecule has 0 saturated heterocycles. The molecular formula is C6H8BrNS. The van der Waals surface area contributed by atoms with Gasteiger partial charge in [0.25, 0.3) is 0 Å². The molecule has 1 heterocycles. The Morgan fingerprint density at radius 1 is 1.67 bits per heavy atom. The summed E-state index contributed by atoms with van der Waals surface area (Å²) in [5, 5.41) is 5.19. The summed E-state index contributed by atoms with van der Waals surface area (Å²) in [4.78, 5) is 0. The van der Waals surface area contributed by atoms with Crippen LogP contribution >= 0.6 is 27.3 Å². The van der Waals surface area contributed by atoms with Gasteiger partial charge in [0, 0.05) is 18.1 Å². The number of rotatable bonds is 1. The fourth-order valence-electron chi connectivity index (χ4n) is 0.640. The number of halogens is 1. The van der Waals surface area contributed by atoms with Crippen molar-refractivity contribution in [3.63, 3.8) is 0 Å². The van der Waals surface area contributed by atoms with Gasteiger partial charge in [-0.2, -0.15) is 0 Å². The molecule has 0 radical (unpaired) electrons. The highest BCUT2D eigenvalue weighted by Crippen LogP contribution is 2.30. The van der Waals surface area contributed by atoms with Crippen molar-refractivity contribution >= 4 is 33.0 Å². The van der Waals surface area contributed by atoms with Gasteiger partial charge in [-0.05, 0) is 28.4 Å². The van der Waals surface area contributed by atoms with Crippen LogP contribution in [0.1, 0.15) is 5.56 Å². The molecule has 9 heavy (non-hydrogen) atoms. The molecule has 1 aromatic heterocycles. The Morgan fingerprint density at radius 3 is 2.56 bits per heavy atom. The quantitative estimate of drug-likeness (QED) is 0.744. The third kappa shape index (κ3) is 1.27. The summed E-state index contributed by atoms with van der Waals surface area (Å²) in [7, 11) is 1.93. The molecule has 1 nitrogen and oxygen atoms in total. The molecule has 3 heteroatoms. The first-order valence-corrected chi connectivity index (χ1v) is 4.34. The minimum absolute atomic E-state index is 1.21. The van der Waals surface area contributed by atoms with E-state index in [1.54, 1.807) is 11.3 Å². The van der Waals surface area contributed by atoms with E-state index < -0.39 is 0 Å². The second kappa shape index (κ2) is 2.71. The lowest BCUT2D eigenvalue weighted by Gasteiger charge is -1.94. The standard InChI is InChI=1S/C6H8BrNS/c1-4-5(8-2)3-9-6(4)7/h3,8H,1-2H3. The molecule has 0 fully saturated rings. The van der Waals surface area contributed by atoms with E-state index in [-0.39, 0.29) is 0 Å². The predicted octanol–water partition coefficient (Wildman–Crippen LogP) is 2.86. The third-order valence-corrected chi connectivity index (χ3v) is 3.27. The summed E-state index contributed by atoms with van der Waals surface area (Å²) in [6.45, 7) is 2.09. The first kappa shape index (κ1) is 7.09. The van der Waals surface area contributed by atoms with Crippen LogP contribution in [0, 0.1) is 6.92 Å². The summed E-state index contributed by atoms with van der Waals surface area (Å²) >= 11 is 5.15. The highest BCUT2D eigenvalue weighted by Gasteiger charge is 2.00. The Hall–Kier alpha value is -0.0200. The maximum Gasteiger partial charge on any atom is 0.0748 e. The number of anilines is 1. The Morgan fingerprint density at radius 2 is 2.33 bits per heavy atom. The van der Waals surface area contributed by atoms with Gasteiger partial charge >= 0.3 is 0 Å². The van der Waals surface area contributed by atoms with Crippen molar-refractivity contribution in [3.05, 3.63) is 14.7 Å². The van der Waals surface area contributed by atoms with Crippen LogP contribution in [0.5, 0.6) is 0 Å². The summed E-state index contributed by atoms with van der Waals surface area (Å²) in [5.74, 6) is 0. The van der Waals surface area contributed by atoms with Crippen molar-refractivity contribution < 1.29 is 0 Å². The van der Waals surface area contributed by atoms with Gasteiger partial charge in [0.2, 0.25) is 0 Å². The largest absolute Gasteiger partial charge is 0.387 e. The van der Waals surface area contributed by atoms with Crippen molar-refractivity contribution in [2.75, 3.05) is 12.4 Å². The molecule has 1 aromatic rings. The first-order chi connectivity index (χ1) is 4.25. The monoisotopic (exact) mass is 205 g/mol. The molecule has 0 bridgehead atoms.